The normalized spacial score (nSPS) is 10.1. The summed E-state index contributed by atoms with van der Waals surface area (Å²) >= 11 is 5.68. The highest BCUT2D eigenvalue weighted by molar-refractivity contribution is 6.31. The maximum atomic E-state index is 13.3. The van der Waals surface area contributed by atoms with Gasteiger partial charge in [-0.15, -0.1) is 0 Å². The van der Waals surface area contributed by atoms with E-state index >= 15 is 0 Å². The van der Waals surface area contributed by atoms with Crippen LogP contribution in [0.1, 0.15) is 10.4 Å². The zero-order valence-electron chi connectivity index (χ0n) is 8.00. The molecule has 4 nitrogen and oxygen atoms in total. The number of nitrogens with zero attached hydrogens (tertiary/aromatic N) is 1. The number of anilines is 1. The molecule has 1 amide bonds. The van der Waals surface area contributed by atoms with Crippen LogP contribution in [0, 0.1) is 5.82 Å². The van der Waals surface area contributed by atoms with Crippen molar-refractivity contribution in [2.75, 3.05) is 5.32 Å². The number of aromatic nitrogens is 2. The maximum absolute atomic E-state index is 13.3. The molecule has 2 N–H and O–H groups in total. The fourth-order valence-electron chi connectivity index (χ4n) is 1.19. The SMILES string of the molecule is O=C(Nc1ccn[nH]1)c1cc(Cl)ccc1F. The van der Waals surface area contributed by atoms with Gasteiger partial charge in [-0.2, -0.15) is 5.10 Å². The summed E-state index contributed by atoms with van der Waals surface area (Å²) in [6, 6.07) is 5.34. The molecule has 0 bridgehead atoms. The number of aromatic amines is 1. The zero-order valence-corrected chi connectivity index (χ0v) is 8.75. The van der Waals surface area contributed by atoms with E-state index in [0.29, 0.717) is 10.8 Å². The van der Waals surface area contributed by atoms with Crippen molar-refractivity contribution in [3.05, 3.63) is 46.9 Å². The second-order valence-electron chi connectivity index (χ2n) is 3.05. The molecule has 0 saturated carbocycles. The molecule has 82 valence electrons. The van der Waals surface area contributed by atoms with E-state index in [9.17, 15) is 9.18 Å². The first-order valence-electron chi connectivity index (χ1n) is 4.42. The molecule has 16 heavy (non-hydrogen) atoms. The molecule has 1 heterocycles. The number of hydrogen-bond acceptors (Lipinski definition) is 2. The van der Waals surface area contributed by atoms with E-state index in [1.165, 1.54) is 18.3 Å². The molecule has 0 unspecified atom stereocenters. The second kappa shape index (κ2) is 4.32. The van der Waals surface area contributed by atoms with Gasteiger partial charge in [0.25, 0.3) is 5.91 Å². The summed E-state index contributed by atoms with van der Waals surface area (Å²) in [6.07, 6.45) is 1.48. The smallest absolute Gasteiger partial charge is 0.259 e. The number of carbonyl (C=O) groups excluding carboxylic acids is 1. The third-order valence-electron chi connectivity index (χ3n) is 1.92. The van der Waals surface area contributed by atoms with Gasteiger partial charge in [-0.25, -0.2) is 4.39 Å². The molecule has 2 aromatic rings. The Bertz CT molecular complexity index is 513. The Labute approximate surface area is 95.4 Å². The van der Waals surface area contributed by atoms with Gasteiger partial charge in [0.1, 0.15) is 11.6 Å². The second-order valence-corrected chi connectivity index (χ2v) is 3.49. The fraction of sp³-hybridized carbons (Fsp3) is 0. The van der Waals surface area contributed by atoms with E-state index in [-0.39, 0.29) is 5.56 Å². The van der Waals surface area contributed by atoms with Crippen molar-refractivity contribution >= 4 is 23.3 Å². The van der Waals surface area contributed by atoms with Crippen molar-refractivity contribution in [2.24, 2.45) is 0 Å². The van der Waals surface area contributed by atoms with Gasteiger partial charge in [-0.1, -0.05) is 11.6 Å². The molecule has 2 rings (SSSR count). The Balaban J connectivity index is 2.24. The number of amides is 1. The van der Waals surface area contributed by atoms with Crippen LogP contribution in [0.4, 0.5) is 10.2 Å². The molecule has 0 atom stereocenters. The molecule has 6 heteroatoms. The van der Waals surface area contributed by atoms with Crippen LogP contribution >= 0.6 is 11.6 Å². The van der Waals surface area contributed by atoms with Crippen LogP contribution in [0.2, 0.25) is 5.02 Å². The van der Waals surface area contributed by atoms with Crippen LogP contribution in [-0.4, -0.2) is 16.1 Å². The minimum Gasteiger partial charge on any atom is -0.307 e. The van der Waals surface area contributed by atoms with Crippen LogP contribution in [0.15, 0.2) is 30.5 Å². The summed E-state index contributed by atoms with van der Waals surface area (Å²) in [5.74, 6) is -0.810. The van der Waals surface area contributed by atoms with Gasteiger partial charge in [0.05, 0.1) is 11.8 Å². The number of H-pyrrole nitrogens is 1. The number of carbonyl (C=O) groups is 1. The molecule has 0 saturated heterocycles. The third-order valence-corrected chi connectivity index (χ3v) is 2.16. The average Bonchev–Trinajstić information content (AvgIpc) is 2.74. The van der Waals surface area contributed by atoms with Gasteiger partial charge in [-0.05, 0) is 18.2 Å². The van der Waals surface area contributed by atoms with E-state index < -0.39 is 11.7 Å². The van der Waals surface area contributed by atoms with Gasteiger partial charge in [-0.3, -0.25) is 9.89 Å². The van der Waals surface area contributed by atoms with Crippen molar-refractivity contribution in [2.45, 2.75) is 0 Å². The highest BCUT2D eigenvalue weighted by Gasteiger charge is 2.12. The van der Waals surface area contributed by atoms with Crippen LogP contribution in [0.3, 0.4) is 0 Å². The molecule has 0 fully saturated rings. The lowest BCUT2D eigenvalue weighted by Gasteiger charge is -2.03. The van der Waals surface area contributed by atoms with E-state index in [0.717, 1.165) is 6.07 Å². The highest BCUT2D eigenvalue weighted by Crippen LogP contribution is 2.16. The predicted octanol–water partition coefficient (Wildman–Crippen LogP) is 2.45. The lowest BCUT2D eigenvalue weighted by Crippen LogP contribution is -2.14. The Kier molecular flexibility index (Phi) is 2.87. The minimum atomic E-state index is -0.624. The summed E-state index contributed by atoms with van der Waals surface area (Å²) < 4.78 is 13.3. The summed E-state index contributed by atoms with van der Waals surface area (Å²) in [6.45, 7) is 0. The number of halogens is 2. The standard InChI is InChI=1S/C10H7ClFN3O/c11-6-1-2-8(12)7(5-6)10(16)14-9-3-4-13-15-9/h1-5H,(H2,13,14,15,16). The lowest BCUT2D eigenvalue weighted by molar-refractivity contribution is 0.102. The summed E-state index contributed by atoms with van der Waals surface area (Å²) in [7, 11) is 0. The zero-order chi connectivity index (χ0) is 11.5. The van der Waals surface area contributed by atoms with Crippen LogP contribution in [-0.2, 0) is 0 Å². The number of nitrogens with one attached hydrogen (secondary N) is 2. The fourth-order valence-corrected chi connectivity index (χ4v) is 1.36. The average molecular weight is 240 g/mol. The number of rotatable bonds is 2. The first kappa shape index (κ1) is 10.6. The molecule has 0 radical (unpaired) electrons. The molecule has 0 aliphatic heterocycles. The van der Waals surface area contributed by atoms with E-state index in [1.807, 2.05) is 0 Å². The summed E-state index contributed by atoms with van der Waals surface area (Å²) in [4.78, 5) is 11.6. The molecule has 1 aromatic heterocycles. The largest absolute Gasteiger partial charge is 0.307 e. The molecular weight excluding hydrogens is 233 g/mol. The summed E-state index contributed by atoms with van der Waals surface area (Å²) in [5.41, 5.74) is -0.109. The van der Waals surface area contributed by atoms with Crippen molar-refractivity contribution < 1.29 is 9.18 Å². The van der Waals surface area contributed by atoms with Gasteiger partial charge >= 0.3 is 0 Å². The van der Waals surface area contributed by atoms with Crippen molar-refractivity contribution in [3.63, 3.8) is 0 Å². The maximum Gasteiger partial charge on any atom is 0.259 e. The van der Waals surface area contributed by atoms with Crippen LogP contribution in [0.5, 0.6) is 0 Å². The third kappa shape index (κ3) is 2.20. The monoisotopic (exact) mass is 239 g/mol. The first-order chi connectivity index (χ1) is 7.66. The first-order valence-corrected chi connectivity index (χ1v) is 4.80. The van der Waals surface area contributed by atoms with E-state index in [2.05, 4.69) is 15.5 Å². The van der Waals surface area contributed by atoms with Gasteiger partial charge in [0.2, 0.25) is 0 Å². The van der Waals surface area contributed by atoms with Gasteiger partial charge in [0, 0.05) is 11.1 Å². The molecule has 0 aliphatic rings. The van der Waals surface area contributed by atoms with Gasteiger partial charge in [0.15, 0.2) is 0 Å². The quantitative estimate of drug-likeness (QED) is 0.846. The van der Waals surface area contributed by atoms with Crippen molar-refractivity contribution in [1.29, 1.82) is 0 Å². The lowest BCUT2D eigenvalue weighted by atomic mass is 10.2. The predicted molar refractivity (Wildman–Crippen MR) is 58.0 cm³/mol. The minimum absolute atomic E-state index is 0.109. The molecule has 0 spiro atoms. The van der Waals surface area contributed by atoms with Crippen LogP contribution in [0.25, 0.3) is 0 Å². The Hall–Kier alpha value is -1.88. The molecular formula is C10H7ClFN3O. The van der Waals surface area contributed by atoms with Crippen molar-refractivity contribution in [3.8, 4) is 0 Å². The summed E-state index contributed by atoms with van der Waals surface area (Å²) in [5, 5.41) is 8.94. The van der Waals surface area contributed by atoms with E-state index in [1.54, 1.807) is 6.07 Å². The van der Waals surface area contributed by atoms with Crippen LogP contribution < -0.4 is 5.32 Å². The Morgan fingerprint density at radius 3 is 2.94 bits per heavy atom. The Morgan fingerprint density at radius 1 is 1.44 bits per heavy atom. The van der Waals surface area contributed by atoms with E-state index in [4.69, 9.17) is 11.6 Å². The highest BCUT2D eigenvalue weighted by atomic mass is 35.5. The number of benzene rings is 1. The molecule has 1 aromatic carbocycles. The number of hydrogen-bond donors (Lipinski definition) is 2. The molecule has 0 aliphatic carbocycles. The topological polar surface area (TPSA) is 57.8 Å². The van der Waals surface area contributed by atoms with Crippen molar-refractivity contribution in [1.82, 2.24) is 10.2 Å². The Morgan fingerprint density at radius 2 is 2.25 bits per heavy atom. The van der Waals surface area contributed by atoms with Gasteiger partial charge < -0.3 is 5.32 Å².